The van der Waals surface area contributed by atoms with Gasteiger partial charge in [0.05, 0.1) is 11.9 Å². The maximum Gasteiger partial charge on any atom is 0.133 e. The Kier molecular flexibility index (Phi) is 3.89. The quantitative estimate of drug-likeness (QED) is 0.872. The predicted molar refractivity (Wildman–Crippen MR) is 67.6 cm³/mol. The van der Waals surface area contributed by atoms with E-state index in [9.17, 15) is 4.39 Å². The fourth-order valence-electron chi connectivity index (χ4n) is 1.72. The molecule has 2 rings (SSSR count). The number of aromatic hydroxyl groups is 1. The van der Waals surface area contributed by atoms with Crippen LogP contribution in [-0.4, -0.2) is 10.1 Å². The highest BCUT2D eigenvalue weighted by Crippen LogP contribution is 2.16. The maximum atomic E-state index is 13.5. The summed E-state index contributed by atoms with van der Waals surface area (Å²) in [5, 5.41) is 12.3. The van der Waals surface area contributed by atoms with E-state index < -0.39 is 0 Å². The Morgan fingerprint density at radius 2 is 2.06 bits per heavy atom. The molecule has 2 aromatic rings. The maximum absolute atomic E-state index is 13.5. The summed E-state index contributed by atoms with van der Waals surface area (Å²) >= 11 is 0. The fraction of sp³-hybridized carbons (Fsp3) is 0.214. The van der Waals surface area contributed by atoms with Crippen LogP contribution in [0.25, 0.3) is 0 Å². The summed E-state index contributed by atoms with van der Waals surface area (Å²) in [4.78, 5) is 4.06. The zero-order valence-corrected chi connectivity index (χ0v) is 10.1. The normalized spacial score (nSPS) is 12.3. The molecule has 0 spiro atoms. The van der Waals surface area contributed by atoms with Crippen LogP contribution in [0.15, 0.2) is 42.6 Å². The van der Waals surface area contributed by atoms with Gasteiger partial charge in [0.1, 0.15) is 11.6 Å². The Morgan fingerprint density at radius 3 is 2.72 bits per heavy atom. The molecular formula is C14H15FN2O. The van der Waals surface area contributed by atoms with Crippen molar-refractivity contribution in [3.8, 4) is 5.75 Å². The molecular weight excluding hydrogens is 231 g/mol. The molecule has 1 aromatic heterocycles. The van der Waals surface area contributed by atoms with E-state index in [1.54, 1.807) is 24.3 Å². The zero-order valence-electron chi connectivity index (χ0n) is 10.1. The summed E-state index contributed by atoms with van der Waals surface area (Å²) in [5.41, 5.74) is 1.44. The number of benzene rings is 1. The topological polar surface area (TPSA) is 45.1 Å². The molecule has 0 saturated heterocycles. The Balaban J connectivity index is 1.98. The molecule has 0 radical (unpaired) electrons. The molecule has 0 fully saturated rings. The molecule has 1 aromatic carbocycles. The minimum Gasteiger partial charge on any atom is -0.506 e. The van der Waals surface area contributed by atoms with E-state index in [-0.39, 0.29) is 17.6 Å². The average molecular weight is 246 g/mol. The van der Waals surface area contributed by atoms with Crippen molar-refractivity contribution in [3.63, 3.8) is 0 Å². The number of nitrogens with zero attached hydrogens (tertiary/aromatic N) is 1. The lowest BCUT2D eigenvalue weighted by atomic mass is 10.1. The molecule has 0 aliphatic rings. The highest BCUT2D eigenvalue weighted by molar-refractivity contribution is 5.21. The Morgan fingerprint density at radius 1 is 1.28 bits per heavy atom. The Bertz CT molecular complexity index is 513. The predicted octanol–water partition coefficient (Wildman–Crippen LogP) is 2.78. The number of nitrogens with one attached hydrogen (secondary N) is 1. The number of halogens is 1. The second-order valence-electron chi connectivity index (χ2n) is 4.13. The Labute approximate surface area is 105 Å². The van der Waals surface area contributed by atoms with E-state index in [1.165, 1.54) is 12.3 Å². The molecule has 18 heavy (non-hydrogen) atoms. The van der Waals surface area contributed by atoms with Crippen molar-refractivity contribution in [1.29, 1.82) is 0 Å². The smallest absolute Gasteiger partial charge is 0.133 e. The van der Waals surface area contributed by atoms with Gasteiger partial charge in [0, 0.05) is 18.2 Å². The van der Waals surface area contributed by atoms with Crippen LogP contribution in [0.3, 0.4) is 0 Å². The van der Waals surface area contributed by atoms with Crippen LogP contribution < -0.4 is 5.32 Å². The molecule has 4 heteroatoms. The first-order valence-electron chi connectivity index (χ1n) is 5.78. The summed E-state index contributed by atoms with van der Waals surface area (Å²) in [6.45, 7) is 2.43. The van der Waals surface area contributed by atoms with Gasteiger partial charge in [-0.05, 0) is 25.1 Å². The van der Waals surface area contributed by atoms with Crippen LogP contribution >= 0.6 is 0 Å². The third kappa shape index (κ3) is 3.05. The van der Waals surface area contributed by atoms with E-state index in [0.717, 1.165) is 5.69 Å². The van der Waals surface area contributed by atoms with Crippen LogP contribution in [0.1, 0.15) is 24.2 Å². The summed E-state index contributed by atoms with van der Waals surface area (Å²) in [7, 11) is 0. The SMILES string of the molecule is C[C@@H](NCc1ccc(O)cn1)c1ccccc1F. The average Bonchev–Trinajstić information content (AvgIpc) is 2.38. The van der Waals surface area contributed by atoms with Gasteiger partial charge in [-0.15, -0.1) is 0 Å². The van der Waals surface area contributed by atoms with Gasteiger partial charge in [0.15, 0.2) is 0 Å². The molecule has 0 unspecified atom stereocenters. The molecule has 0 aliphatic carbocycles. The molecule has 1 atom stereocenters. The first kappa shape index (κ1) is 12.5. The molecule has 3 nitrogen and oxygen atoms in total. The standard InChI is InChI=1S/C14H15FN2O/c1-10(13-4-2-3-5-14(13)15)16-8-11-6-7-12(18)9-17-11/h2-7,9-10,16,18H,8H2,1H3/t10-/m1/s1. The van der Waals surface area contributed by atoms with E-state index in [2.05, 4.69) is 10.3 Å². The number of pyridine rings is 1. The van der Waals surface area contributed by atoms with E-state index >= 15 is 0 Å². The minimum absolute atomic E-state index is 0.0956. The molecule has 1 heterocycles. The lowest BCUT2D eigenvalue weighted by molar-refractivity contribution is 0.471. The van der Waals surface area contributed by atoms with Crippen LogP contribution in [0.5, 0.6) is 5.75 Å². The fourth-order valence-corrected chi connectivity index (χ4v) is 1.72. The third-order valence-corrected chi connectivity index (χ3v) is 2.77. The van der Waals surface area contributed by atoms with Crippen LogP contribution in [0, 0.1) is 5.82 Å². The summed E-state index contributed by atoms with van der Waals surface area (Å²) in [6, 6.07) is 9.92. The summed E-state index contributed by atoms with van der Waals surface area (Å²) in [5.74, 6) is -0.0722. The number of rotatable bonds is 4. The van der Waals surface area contributed by atoms with Crippen LogP contribution in [0.2, 0.25) is 0 Å². The second kappa shape index (κ2) is 5.60. The van der Waals surface area contributed by atoms with Crippen LogP contribution in [-0.2, 0) is 6.54 Å². The minimum atomic E-state index is -0.212. The van der Waals surface area contributed by atoms with Crippen molar-refractivity contribution in [2.75, 3.05) is 0 Å². The molecule has 2 N–H and O–H groups in total. The molecule has 0 saturated carbocycles. The van der Waals surface area contributed by atoms with E-state index in [0.29, 0.717) is 12.1 Å². The van der Waals surface area contributed by atoms with Gasteiger partial charge < -0.3 is 10.4 Å². The summed E-state index contributed by atoms with van der Waals surface area (Å²) < 4.78 is 13.5. The van der Waals surface area contributed by atoms with Gasteiger partial charge in [-0.25, -0.2) is 4.39 Å². The lowest BCUT2D eigenvalue weighted by Crippen LogP contribution is -2.19. The highest BCUT2D eigenvalue weighted by atomic mass is 19.1. The first-order valence-corrected chi connectivity index (χ1v) is 5.78. The first-order chi connectivity index (χ1) is 8.66. The zero-order chi connectivity index (χ0) is 13.0. The summed E-state index contributed by atoms with van der Waals surface area (Å²) in [6.07, 6.45) is 1.39. The lowest BCUT2D eigenvalue weighted by Gasteiger charge is -2.14. The largest absolute Gasteiger partial charge is 0.506 e. The number of aromatic nitrogens is 1. The molecule has 0 bridgehead atoms. The molecule has 94 valence electrons. The second-order valence-corrected chi connectivity index (χ2v) is 4.13. The molecule has 0 aliphatic heterocycles. The van der Waals surface area contributed by atoms with Gasteiger partial charge >= 0.3 is 0 Å². The van der Waals surface area contributed by atoms with Crippen molar-refractivity contribution in [2.45, 2.75) is 19.5 Å². The van der Waals surface area contributed by atoms with Gasteiger partial charge in [0.2, 0.25) is 0 Å². The third-order valence-electron chi connectivity index (χ3n) is 2.77. The van der Waals surface area contributed by atoms with Gasteiger partial charge in [-0.3, -0.25) is 4.98 Å². The number of hydrogen-bond acceptors (Lipinski definition) is 3. The monoisotopic (exact) mass is 246 g/mol. The van der Waals surface area contributed by atoms with Crippen molar-refractivity contribution < 1.29 is 9.50 Å². The van der Waals surface area contributed by atoms with Crippen LogP contribution in [0.4, 0.5) is 4.39 Å². The Hall–Kier alpha value is -1.94. The highest BCUT2D eigenvalue weighted by Gasteiger charge is 2.09. The van der Waals surface area contributed by atoms with Crippen molar-refractivity contribution >= 4 is 0 Å². The number of hydrogen-bond donors (Lipinski definition) is 2. The molecule has 0 amide bonds. The van der Waals surface area contributed by atoms with Crippen molar-refractivity contribution in [3.05, 3.63) is 59.7 Å². The van der Waals surface area contributed by atoms with E-state index in [4.69, 9.17) is 5.11 Å². The van der Waals surface area contributed by atoms with Gasteiger partial charge in [-0.2, -0.15) is 0 Å². The van der Waals surface area contributed by atoms with Gasteiger partial charge in [0.25, 0.3) is 0 Å². The van der Waals surface area contributed by atoms with Gasteiger partial charge in [-0.1, -0.05) is 18.2 Å². The van der Waals surface area contributed by atoms with Crippen molar-refractivity contribution in [2.24, 2.45) is 0 Å². The van der Waals surface area contributed by atoms with Crippen molar-refractivity contribution in [1.82, 2.24) is 10.3 Å². The van der Waals surface area contributed by atoms with E-state index in [1.807, 2.05) is 13.0 Å².